The van der Waals surface area contributed by atoms with Crippen LogP contribution in [-0.4, -0.2) is 17.3 Å². The first kappa shape index (κ1) is 15.8. The molecule has 1 N–H and O–H groups in total. The summed E-state index contributed by atoms with van der Waals surface area (Å²) in [7, 11) is 0. The molecule has 0 aromatic heterocycles. The second-order valence-electron chi connectivity index (χ2n) is 5.69. The second kappa shape index (κ2) is 8.79. The van der Waals surface area contributed by atoms with Gasteiger partial charge in [-0.2, -0.15) is 0 Å². The maximum atomic E-state index is 11.8. The summed E-state index contributed by atoms with van der Waals surface area (Å²) < 4.78 is 0. The molecule has 0 spiro atoms. The summed E-state index contributed by atoms with van der Waals surface area (Å²) in [5, 5.41) is 3.12. The molecule has 1 aliphatic rings. The summed E-state index contributed by atoms with van der Waals surface area (Å²) in [6, 6.07) is 0. The predicted molar refractivity (Wildman–Crippen MR) is 78.1 cm³/mol. The minimum atomic E-state index is -0.0558. The number of carbonyl (C=O) groups is 1. The Balaban J connectivity index is 1.97. The lowest BCUT2D eigenvalue weighted by Gasteiger charge is -2.41. The molecule has 18 heavy (non-hydrogen) atoms. The van der Waals surface area contributed by atoms with Gasteiger partial charge >= 0.3 is 0 Å². The number of hydrogen-bond donors (Lipinski definition) is 1. The van der Waals surface area contributed by atoms with Crippen molar-refractivity contribution in [2.45, 2.75) is 83.1 Å². The number of alkyl halides is 1. The number of unbranched alkanes of at least 4 members (excludes halogenated alkanes) is 6. The maximum Gasteiger partial charge on any atom is 0.220 e. The fourth-order valence-corrected chi connectivity index (χ4v) is 2.83. The summed E-state index contributed by atoms with van der Waals surface area (Å²) in [5.74, 6) is 0.763. The van der Waals surface area contributed by atoms with E-state index in [1.54, 1.807) is 0 Å². The van der Waals surface area contributed by atoms with Crippen molar-refractivity contribution >= 4 is 17.5 Å². The van der Waals surface area contributed by atoms with Crippen molar-refractivity contribution in [2.75, 3.05) is 5.88 Å². The van der Waals surface area contributed by atoms with Gasteiger partial charge in [0.2, 0.25) is 5.91 Å². The molecule has 1 aliphatic carbocycles. The van der Waals surface area contributed by atoms with Crippen LogP contribution in [0.5, 0.6) is 0 Å². The van der Waals surface area contributed by atoms with E-state index in [1.165, 1.54) is 44.9 Å². The molecule has 1 saturated carbocycles. The van der Waals surface area contributed by atoms with E-state index < -0.39 is 0 Å². The minimum absolute atomic E-state index is 0.0558. The summed E-state index contributed by atoms with van der Waals surface area (Å²) in [5.41, 5.74) is -0.0558. The molecule has 3 heteroatoms. The molecule has 0 aliphatic heterocycles. The van der Waals surface area contributed by atoms with Crippen molar-refractivity contribution in [3.8, 4) is 0 Å². The molecular formula is C15H28ClNO. The molecule has 0 bridgehead atoms. The summed E-state index contributed by atoms with van der Waals surface area (Å²) in [4.78, 5) is 11.8. The van der Waals surface area contributed by atoms with Crippen molar-refractivity contribution in [3.05, 3.63) is 0 Å². The third-order valence-corrected chi connectivity index (χ3v) is 4.49. The minimum Gasteiger partial charge on any atom is -0.349 e. The highest BCUT2D eigenvalue weighted by Crippen LogP contribution is 2.32. The number of rotatable bonds is 10. The second-order valence-corrected chi connectivity index (χ2v) is 5.95. The molecule has 0 unspecified atom stereocenters. The Labute approximate surface area is 117 Å². The molecule has 0 aromatic rings. The number of hydrogen-bond acceptors (Lipinski definition) is 1. The lowest BCUT2D eigenvalue weighted by atomic mass is 9.78. The Hall–Kier alpha value is -0.240. The van der Waals surface area contributed by atoms with Crippen LogP contribution in [0.3, 0.4) is 0 Å². The Morgan fingerprint density at radius 3 is 2.22 bits per heavy atom. The summed E-state index contributed by atoms with van der Waals surface area (Å²) in [6.45, 7) is 2.23. The largest absolute Gasteiger partial charge is 0.349 e. The van der Waals surface area contributed by atoms with Gasteiger partial charge in [0.1, 0.15) is 0 Å². The first-order chi connectivity index (χ1) is 8.72. The highest BCUT2D eigenvalue weighted by Gasteiger charge is 2.37. The van der Waals surface area contributed by atoms with Crippen molar-refractivity contribution in [2.24, 2.45) is 0 Å². The van der Waals surface area contributed by atoms with Crippen LogP contribution in [0.4, 0.5) is 0 Å². The van der Waals surface area contributed by atoms with Gasteiger partial charge in [-0.15, -0.1) is 11.6 Å². The quantitative estimate of drug-likeness (QED) is 0.464. The number of halogens is 1. The Morgan fingerprint density at radius 2 is 1.72 bits per heavy atom. The van der Waals surface area contributed by atoms with Crippen LogP contribution in [-0.2, 0) is 4.79 Å². The van der Waals surface area contributed by atoms with Gasteiger partial charge in [-0.25, -0.2) is 0 Å². The molecule has 1 fully saturated rings. The van der Waals surface area contributed by atoms with Gasteiger partial charge in [0.15, 0.2) is 0 Å². The van der Waals surface area contributed by atoms with Gasteiger partial charge in [-0.1, -0.05) is 45.4 Å². The smallest absolute Gasteiger partial charge is 0.220 e. The van der Waals surface area contributed by atoms with Crippen molar-refractivity contribution in [1.29, 1.82) is 0 Å². The lowest BCUT2D eigenvalue weighted by molar-refractivity contribution is -0.123. The van der Waals surface area contributed by atoms with Crippen LogP contribution >= 0.6 is 11.6 Å². The molecule has 2 nitrogen and oxygen atoms in total. The Kier molecular flexibility index (Phi) is 7.73. The van der Waals surface area contributed by atoms with Crippen LogP contribution in [0.25, 0.3) is 0 Å². The van der Waals surface area contributed by atoms with Gasteiger partial charge in [-0.3, -0.25) is 4.79 Å². The molecule has 106 valence electrons. The maximum absolute atomic E-state index is 11.8. The van der Waals surface area contributed by atoms with Gasteiger partial charge in [0.05, 0.1) is 5.54 Å². The normalized spacial score (nSPS) is 17.2. The summed E-state index contributed by atoms with van der Waals surface area (Å²) in [6.07, 6.45) is 12.8. The molecule has 0 atom stereocenters. The van der Waals surface area contributed by atoms with Gasteiger partial charge in [-0.05, 0) is 25.7 Å². The summed E-state index contributed by atoms with van der Waals surface area (Å²) >= 11 is 5.92. The molecule has 0 radical (unpaired) electrons. The zero-order valence-electron chi connectivity index (χ0n) is 11.8. The van der Waals surface area contributed by atoms with E-state index in [-0.39, 0.29) is 11.4 Å². The Morgan fingerprint density at radius 1 is 1.11 bits per heavy atom. The fraction of sp³-hybridized carbons (Fsp3) is 0.933. The topological polar surface area (TPSA) is 29.1 Å². The van der Waals surface area contributed by atoms with E-state index >= 15 is 0 Å². The molecule has 1 rings (SSSR count). The first-order valence-electron chi connectivity index (χ1n) is 7.59. The highest BCUT2D eigenvalue weighted by molar-refractivity contribution is 6.18. The zero-order chi connectivity index (χ0) is 13.3. The van der Waals surface area contributed by atoms with Gasteiger partial charge < -0.3 is 5.32 Å². The van der Waals surface area contributed by atoms with Gasteiger partial charge in [0.25, 0.3) is 0 Å². The first-order valence-corrected chi connectivity index (χ1v) is 8.13. The third kappa shape index (κ3) is 5.60. The van der Waals surface area contributed by atoms with Crippen LogP contribution in [0, 0.1) is 0 Å². The molecular weight excluding hydrogens is 246 g/mol. The average Bonchev–Trinajstić information content (AvgIpc) is 2.33. The number of nitrogens with one attached hydrogen (secondary N) is 1. The van der Waals surface area contributed by atoms with Crippen LogP contribution in [0.15, 0.2) is 0 Å². The molecule has 0 saturated heterocycles. The standard InChI is InChI=1S/C15H28ClNO/c1-2-3-4-5-6-7-8-10-14(18)17-15(13-16)11-9-12-15/h2-13H2,1H3,(H,17,18). The van der Waals surface area contributed by atoms with Crippen LogP contribution in [0.1, 0.15) is 77.6 Å². The Bertz CT molecular complexity index is 233. The van der Waals surface area contributed by atoms with Crippen LogP contribution in [0.2, 0.25) is 0 Å². The molecule has 1 amide bonds. The number of carbonyl (C=O) groups excluding carboxylic acids is 1. The van der Waals surface area contributed by atoms with Crippen molar-refractivity contribution in [1.82, 2.24) is 5.32 Å². The SMILES string of the molecule is CCCCCCCCCC(=O)NC1(CCl)CCC1. The monoisotopic (exact) mass is 273 g/mol. The number of amides is 1. The van der Waals surface area contributed by atoms with E-state index in [0.717, 1.165) is 19.3 Å². The van der Waals surface area contributed by atoms with Crippen molar-refractivity contribution < 1.29 is 4.79 Å². The van der Waals surface area contributed by atoms with Gasteiger partial charge in [0, 0.05) is 12.3 Å². The van der Waals surface area contributed by atoms with E-state index in [0.29, 0.717) is 12.3 Å². The van der Waals surface area contributed by atoms with E-state index in [2.05, 4.69) is 12.2 Å². The van der Waals surface area contributed by atoms with E-state index in [1.807, 2.05) is 0 Å². The zero-order valence-corrected chi connectivity index (χ0v) is 12.5. The van der Waals surface area contributed by atoms with Crippen LogP contribution < -0.4 is 5.32 Å². The molecule has 0 aromatic carbocycles. The molecule has 0 heterocycles. The van der Waals surface area contributed by atoms with Crippen molar-refractivity contribution in [3.63, 3.8) is 0 Å². The highest BCUT2D eigenvalue weighted by atomic mass is 35.5. The lowest BCUT2D eigenvalue weighted by Crippen LogP contribution is -2.54. The van der Waals surface area contributed by atoms with E-state index in [4.69, 9.17) is 11.6 Å². The average molecular weight is 274 g/mol. The predicted octanol–water partition coefficient (Wildman–Crippen LogP) is 4.40. The van der Waals surface area contributed by atoms with E-state index in [9.17, 15) is 4.79 Å². The third-order valence-electron chi connectivity index (χ3n) is 3.98. The fourth-order valence-electron chi connectivity index (χ4n) is 2.50.